The minimum atomic E-state index is -0.612. The lowest BCUT2D eigenvalue weighted by atomic mass is 10.1. The van der Waals surface area contributed by atoms with E-state index in [9.17, 15) is 13.6 Å². The smallest absolute Gasteiger partial charge is 0.152 e. The van der Waals surface area contributed by atoms with Gasteiger partial charge in [-0.3, -0.25) is 4.79 Å². The molecule has 0 fully saturated rings. The first-order valence-electron chi connectivity index (χ1n) is 5.61. The van der Waals surface area contributed by atoms with Gasteiger partial charge in [-0.15, -0.1) is 0 Å². The summed E-state index contributed by atoms with van der Waals surface area (Å²) in [5.74, 6) is -0.543. The fraction of sp³-hybridized carbons (Fsp3) is 0. The molecule has 1 aromatic heterocycles. The molecular weight excluding hydrogens is 250 g/mol. The molecule has 0 atom stereocenters. The van der Waals surface area contributed by atoms with Gasteiger partial charge in [0.25, 0.3) is 0 Å². The van der Waals surface area contributed by atoms with Crippen LogP contribution in [0.3, 0.4) is 0 Å². The largest absolute Gasteiger partial charge is 0.456 e. The van der Waals surface area contributed by atoms with Crippen LogP contribution >= 0.6 is 0 Å². The fourth-order valence-electron chi connectivity index (χ4n) is 1.93. The third-order valence-corrected chi connectivity index (χ3v) is 2.89. The molecule has 0 aliphatic heterocycles. The molecule has 0 saturated heterocycles. The summed E-state index contributed by atoms with van der Waals surface area (Å²) in [5.41, 5.74) is 1.02. The Kier molecular flexibility index (Phi) is 2.63. The van der Waals surface area contributed by atoms with Crippen molar-refractivity contribution in [2.75, 3.05) is 0 Å². The molecule has 0 aliphatic carbocycles. The van der Waals surface area contributed by atoms with Crippen LogP contribution in [0.5, 0.6) is 0 Å². The van der Waals surface area contributed by atoms with Crippen molar-refractivity contribution in [3.8, 4) is 11.3 Å². The quantitative estimate of drug-likeness (QED) is 0.645. The van der Waals surface area contributed by atoms with E-state index in [0.29, 0.717) is 28.6 Å². The molecule has 3 aromatic rings. The van der Waals surface area contributed by atoms with E-state index < -0.39 is 5.82 Å². The van der Waals surface area contributed by atoms with Crippen LogP contribution in [0.4, 0.5) is 8.78 Å². The van der Waals surface area contributed by atoms with Gasteiger partial charge in [0.2, 0.25) is 0 Å². The first-order valence-corrected chi connectivity index (χ1v) is 5.61. The van der Waals surface area contributed by atoms with Crippen LogP contribution in [0, 0.1) is 11.6 Å². The summed E-state index contributed by atoms with van der Waals surface area (Å²) in [6.07, 6.45) is 0.452. The van der Waals surface area contributed by atoms with Gasteiger partial charge in [-0.05, 0) is 36.4 Å². The maximum Gasteiger partial charge on any atom is 0.152 e. The predicted molar refractivity (Wildman–Crippen MR) is 67.0 cm³/mol. The zero-order chi connectivity index (χ0) is 13.4. The van der Waals surface area contributed by atoms with Gasteiger partial charge in [0.05, 0.1) is 5.56 Å². The molecule has 1 heterocycles. The highest BCUT2D eigenvalue weighted by molar-refractivity contribution is 5.83. The van der Waals surface area contributed by atoms with E-state index in [1.54, 1.807) is 12.1 Å². The number of aldehydes is 1. The Morgan fingerprint density at radius 1 is 1.00 bits per heavy atom. The number of carbonyl (C=O) groups is 1. The minimum Gasteiger partial charge on any atom is -0.456 e. The van der Waals surface area contributed by atoms with E-state index in [4.69, 9.17) is 4.42 Å². The zero-order valence-electron chi connectivity index (χ0n) is 9.69. The van der Waals surface area contributed by atoms with Crippen molar-refractivity contribution < 1.29 is 18.0 Å². The summed E-state index contributed by atoms with van der Waals surface area (Å²) in [6.45, 7) is 0. The van der Waals surface area contributed by atoms with Crippen LogP contribution in [-0.2, 0) is 0 Å². The van der Waals surface area contributed by atoms with E-state index in [2.05, 4.69) is 0 Å². The van der Waals surface area contributed by atoms with Gasteiger partial charge in [-0.1, -0.05) is 6.07 Å². The first-order chi connectivity index (χ1) is 9.17. The number of hydrogen-bond donors (Lipinski definition) is 0. The van der Waals surface area contributed by atoms with Crippen LogP contribution in [0.2, 0.25) is 0 Å². The normalized spacial score (nSPS) is 10.8. The second kappa shape index (κ2) is 4.31. The van der Waals surface area contributed by atoms with Gasteiger partial charge in [-0.25, -0.2) is 8.78 Å². The molecule has 0 bridgehead atoms. The van der Waals surface area contributed by atoms with E-state index in [-0.39, 0.29) is 11.4 Å². The van der Waals surface area contributed by atoms with E-state index in [1.807, 2.05) is 0 Å². The SMILES string of the molecule is O=Cc1ccc(-c2cc3cc(F)ccc3o2)cc1F. The molecule has 2 aromatic carbocycles. The number of carbonyl (C=O) groups excluding carboxylic acids is 1. The zero-order valence-corrected chi connectivity index (χ0v) is 9.69. The Morgan fingerprint density at radius 2 is 1.84 bits per heavy atom. The Labute approximate surface area is 107 Å². The third-order valence-electron chi connectivity index (χ3n) is 2.89. The van der Waals surface area contributed by atoms with Crippen molar-refractivity contribution in [3.05, 3.63) is 59.7 Å². The molecule has 94 valence electrons. The molecule has 0 saturated carbocycles. The molecule has 0 spiro atoms. The lowest BCUT2D eigenvalue weighted by molar-refractivity contribution is 0.112. The summed E-state index contributed by atoms with van der Waals surface area (Å²) in [4.78, 5) is 10.5. The predicted octanol–water partition coefficient (Wildman–Crippen LogP) is 4.19. The van der Waals surface area contributed by atoms with Crippen LogP contribution in [0.25, 0.3) is 22.3 Å². The summed E-state index contributed by atoms with van der Waals surface area (Å²) in [7, 11) is 0. The van der Waals surface area contributed by atoms with Gasteiger partial charge >= 0.3 is 0 Å². The fourth-order valence-corrected chi connectivity index (χ4v) is 1.93. The van der Waals surface area contributed by atoms with Crippen molar-refractivity contribution in [1.29, 1.82) is 0 Å². The summed E-state index contributed by atoms with van der Waals surface area (Å²) in [5, 5.41) is 0.606. The lowest BCUT2D eigenvalue weighted by Gasteiger charge is -1.98. The van der Waals surface area contributed by atoms with Crippen LogP contribution in [-0.4, -0.2) is 6.29 Å². The standard InChI is InChI=1S/C15H8F2O2/c16-12-3-4-14-11(5-12)7-15(19-14)9-1-2-10(8-18)13(17)6-9/h1-8H. The molecule has 0 N–H and O–H groups in total. The lowest BCUT2D eigenvalue weighted by Crippen LogP contribution is -1.87. The maximum absolute atomic E-state index is 13.5. The van der Waals surface area contributed by atoms with Crippen LogP contribution < -0.4 is 0 Å². The van der Waals surface area contributed by atoms with E-state index in [1.165, 1.54) is 30.3 Å². The van der Waals surface area contributed by atoms with Crippen molar-refractivity contribution in [1.82, 2.24) is 0 Å². The van der Waals surface area contributed by atoms with Crippen molar-refractivity contribution in [2.45, 2.75) is 0 Å². The van der Waals surface area contributed by atoms with Gasteiger partial charge in [0.15, 0.2) is 6.29 Å². The number of benzene rings is 2. The van der Waals surface area contributed by atoms with Crippen LogP contribution in [0.15, 0.2) is 46.9 Å². The summed E-state index contributed by atoms with van der Waals surface area (Å²) in [6, 6.07) is 9.98. The number of fused-ring (bicyclic) bond motifs is 1. The second-order valence-electron chi connectivity index (χ2n) is 4.15. The van der Waals surface area contributed by atoms with Gasteiger partial charge in [-0.2, -0.15) is 0 Å². The average Bonchev–Trinajstić information content (AvgIpc) is 2.81. The van der Waals surface area contributed by atoms with Crippen LogP contribution in [0.1, 0.15) is 10.4 Å². The molecular formula is C15H8F2O2. The Balaban J connectivity index is 2.13. The maximum atomic E-state index is 13.5. The molecule has 0 aliphatic rings. The van der Waals surface area contributed by atoms with E-state index >= 15 is 0 Å². The highest BCUT2D eigenvalue weighted by Crippen LogP contribution is 2.29. The average molecular weight is 258 g/mol. The van der Waals surface area contributed by atoms with Gasteiger partial charge < -0.3 is 4.42 Å². The monoisotopic (exact) mass is 258 g/mol. The molecule has 2 nitrogen and oxygen atoms in total. The number of hydrogen-bond acceptors (Lipinski definition) is 2. The molecule has 19 heavy (non-hydrogen) atoms. The van der Waals surface area contributed by atoms with Crippen molar-refractivity contribution in [3.63, 3.8) is 0 Å². The number of halogens is 2. The Bertz CT molecular complexity index is 775. The second-order valence-corrected chi connectivity index (χ2v) is 4.15. The molecule has 0 radical (unpaired) electrons. The van der Waals surface area contributed by atoms with Crippen molar-refractivity contribution in [2.24, 2.45) is 0 Å². The number of rotatable bonds is 2. The molecule has 4 heteroatoms. The first kappa shape index (κ1) is 11.6. The summed E-state index contributed by atoms with van der Waals surface area (Å²) >= 11 is 0. The highest BCUT2D eigenvalue weighted by atomic mass is 19.1. The number of furan rings is 1. The van der Waals surface area contributed by atoms with E-state index in [0.717, 1.165) is 0 Å². The molecule has 0 unspecified atom stereocenters. The molecule has 3 rings (SSSR count). The van der Waals surface area contributed by atoms with Gasteiger partial charge in [0, 0.05) is 10.9 Å². The van der Waals surface area contributed by atoms with Gasteiger partial charge in [0.1, 0.15) is 23.0 Å². The van der Waals surface area contributed by atoms with Crippen molar-refractivity contribution >= 4 is 17.3 Å². The minimum absolute atomic E-state index is 0.00842. The molecule has 0 amide bonds. The highest BCUT2D eigenvalue weighted by Gasteiger charge is 2.09. The Morgan fingerprint density at radius 3 is 2.58 bits per heavy atom. The third kappa shape index (κ3) is 2.01. The Hall–Kier alpha value is -2.49. The summed E-state index contributed by atoms with van der Waals surface area (Å²) < 4.78 is 32.1. The topological polar surface area (TPSA) is 30.2 Å².